The normalized spacial score (nSPS) is 14.9. The molecule has 0 atom stereocenters. The maximum atomic E-state index is 14.0. The highest BCUT2D eigenvalue weighted by atomic mass is 19.1. The van der Waals surface area contributed by atoms with Crippen molar-refractivity contribution in [2.45, 2.75) is 13.3 Å². The molecule has 1 aromatic heterocycles. The molecule has 6 nitrogen and oxygen atoms in total. The lowest BCUT2D eigenvalue weighted by atomic mass is 10.1. The zero-order valence-electron chi connectivity index (χ0n) is 13.5. The molecule has 1 aliphatic rings. The van der Waals surface area contributed by atoms with Crippen LogP contribution in [0.15, 0.2) is 24.4 Å². The van der Waals surface area contributed by atoms with E-state index in [0.717, 1.165) is 0 Å². The Labute approximate surface area is 139 Å². The summed E-state index contributed by atoms with van der Waals surface area (Å²) >= 11 is 0. The fourth-order valence-corrected chi connectivity index (χ4v) is 2.98. The van der Waals surface area contributed by atoms with Crippen molar-refractivity contribution in [3.8, 4) is 0 Å². The largest absolute Gasteiger partial charge is 0.450 e. The minimum Gasteiger partial charge on any atom is -0.450 e. The number of ether oxygens (including phenoxy) is 1. The van der Waals surface area contributed by atoms with Crippen molar-refractivity contribution in [3.63, 3.8) is 0 Å². The summed E-state index contributed by atoms with van der Waals surface area (Å²) in [4.78, 5) is 30.4. The summed E-state index contributed by atoms with van der Waals surface area (Å²) in [7, 11) is 0. The lowest BCUT2D eigenvalue weighted by Crippen LogP contribution is -2.51. The highest BCUT2D eigenvalue weighted by molar-refractivity contribution is 5.89. The van der Waals surface area contributed by atoms with Crippen LogP contribution in [0, 0.1) is 5.82 Å². The summed E-state index contributed by atoms with van der Waals surface area (Å²) in [5.41, 5.74) is 1.34. The third-order valence-electron chi connectivity index (χ3n) is 4.24. The second-order valence-corrected chi connectivity index (χ2v) is 5.72. The molecule has 0 unspecified atom stereocenters. The molecule has 1 aromatic carbocycles. The first kappa shape index (κ1) is 16.3. The lowest BCUT2D eigenvalue weighted by Gasteiger charge is -2.34. The van der Waals surface area contributed by atoms with Crippen molar-refractivity contribution < 1.29 is 18.7 Å². The van der Waals surface area contributed by atoms with Crippen molar-refractivity contribution in [3.05, 3.63) is 35.8 Å². The first-order chi connectivity index (χ1) is 11.6. The Morgan fingerprint density at radius 2 is 1.92 bits per heavy atom. The van der Waals surface area contributed by atoms with E-state index in [2.05, 4.69) is 4.98 Å². The van der Waals surface area contributed by atoms with E-state index in [-0.39, 0.29) is 24.2 Å². The smallest absolute Gasteiger partial charge is 0.409 e. The molecule has 0 aliphatic carbocycles. The monoisotopic (exact) mass is 333 g/mol. The predicted octanol–water partition coefficient (Wildman–Crippen LogP) is 2.15. The molecule has 0 spiro atoms. The van der Waals surface area contributed by atoms with E-state index in [0.29, 0.717) is 49.3 Å². The molecule has 0 saturated carbocycles. The van der Waals surface area contributed by atoms with Gasteiger partial charge in [0.1, 0.15) is 5.82 Å². The summed E-state index contributed by atoms with van der Waals surface area (Å²) in [6.07, 6.45) is 1.48. The number of rotatable bonds is 3. The molecule has 3 rings (SSSR count). The number of halogens is 1. The summed E-state index contributed by atoms with van der Waals surface area (Å²) in [5, 5.41) is 0.469. The van der Waals surface area contributed by atoms with Crippen LogP contribution in [0.3, 0.4) is 0 Å². The first-order valence-corrected chi connectivity index (χ1v) is 8.04. The summed E-state index contributed by atoms with van der Waals surface area (Å²) in [6, 6.07) is 4.81. The van der Waals surface area contributed by atoms with E-state index < -0.39 is 0 Å². The van der Waals surface area contributed by atoms with Crippen LogP contribution in [-0.4, -0.2) is 59.6 Å². The van der Waals surface area contributed by atoms with E-state index in [1.54, 1.807) is 35.1 Å². The van der Waals surface area contributed by atoms with Crippen molar-refractivity contribution in [2.24, 2.45) is 0 Å². The zero-order chi connectivity index (χ0) is 17.1. The summed E-state index contributed by atoms with van der Waals surface area (Å²) in [6.45, 7) is 3.92. The number of benzene rings is 1. The number of aromatic amines is 1. The van der Waals surface area contributed by atoms with Crippen LogP contribution in [-0.2, 0) is 16.0 Å². The van der Waals surface area contributed by atoms with Gasteiger partial charge in [0.2, 0.25) is 5.91 Å². The van der Waals surface area contributed by atoms with Crippen LogP contribution < -0.4 is 0 Å². The second kappa shape index (κ2) is 6.90. The standard InChI is InChI=1S/C17H20FN3O3/c1-2-24-17(23)21-8-6-20(7-9-21)15(22)10-12-11-19-14-5-3-4-13(18)16(12)14/h3-5,11,19H,2,6-10H2,1H3. The van der Waals surface area contributed by atoms with Gasteiger partial charge in [0, 0.05) is 43.3 Å². The van der Waals surface area contributed by atoms with E-state index in [9.17, 15) is 14.0 Å². The Morgan fingerprint density at radius 3 is 2.62 bits per heavy atom. The molecule has 0 bridgehead atoms. The van der Waals surface area contributed by atoms with Crippen LogP contribution >= 0.6 is 0 Å². The van der Waals surface area contributed by atoms with E-state index >= 15 is 0 Å². The van der Waals surface area contributed by atoms with Gasteiger partial charge in [-0.05, 0) is 24.6 Å². The summed E-state index contributed by atoms with van der Waals surface area (Å²) < 4.78 is 18.9. The Kier molecular flexibility index (Phi) is 4.69. The van der Waals surface area contributed by atoms with E-state index in [4.69, 9.17) is 4.74 Å². The Hall–Kier alpha value is -2.57. The van der Waals surface area contributed by atoms with Crippen molar-refractivity contribution in [1.29, 1.82) is 0 Å². The zero-order valence-corrected chi connectivity index (χ0v) is 13.5. The van der Waals surface area contributed by atoms with Crippen LogP contribution in [0.2, 0.25) is 0 Å². The SMILES string of the molecule is CCOC(=O)N1CCN(C(=O)Cc2c[nH]c3cccc(F)c23)CC1. The Bertz CT molecular complexity index is 751. The molecule has 2 amide bonds. The molecule has 128 valence electrons. The van der Waals surface area contributed by atoms with Crippen LogP contribution in [0.25, 0.3) is 10.9 Å². The van der Waals surface area contributed by atoms with E-state index in [1.807, 2.05) is 0 Å². The number of H-pyrrole nitrogens is 1. The molecule has 24 heavy (non-hydrogen) atoms. The van der Waals surface area contributed by atoms with Gasteiger partial charge in [0.05, 0.1) is 13.0 Å². The molecule has 1 fully saturated rings. The topological polar surface area (TPSA) is 65.6 Å². The van der Waals surface area contributed by atoms with Crippen molar-refractivity contribution in [1.82, 2.24) is 14.8 Å². The number of carbonyl (C=O) groups excluding carboxylic acids is 2. The number of fused-ring (bicyclic) bond motifs is 1. The molecule has 1 saturated heterocycles. The number of nitrogens with zero attached hydrogens (tertiary/aromatic N) is 2. The second-order valence-electron chi connectivity index (χ2n) is 5.72. The van der Waals surface area contributed by atoms with E-state index in [1.165, 1.54) is 6.07 Å². The highest BCUT2D eigenvalue weighted by Crippen LogP contribution is 2.22. The van der Waals surface area contributed by atoms with Gasteiger partial charge in [-0.3, -0.25) is 4.79 Å². The van der Waals surface area contributed by atoms with Gasteiger partial charge in [-0.25, -0.2) is 9.18 Å². The molecule has 2 heterocycles. The molecular formula is C17H20FN3O3. The Morgan fingerprint density at radius 1 is 1.21 bits per heavy atom. The number of hydrogen-bond acceptors (Lipinski definition) is 3. The Balaban J connectivity index is 1.63. The predicted molar refractivity (Wildman–Crippen MR) is 87.1 cm³/mol. The first-order valence-electron chi connectivity index (χ1n) is 8.04. The average molecular weight is 333 g/mol. The number of carbonyl (C=O) groups is 2. The number of aromatic nitrogens is 1. The van der Waals surface area contributed by atoms with Gasteiger partial charge in [-0.2, -0.15) is 0 Å². The van der Waals surface area contributed by atoms with Crippen molar-refractivity contribution in [2.75, 3.05) is 32.8 Å². The molecular weight excluding hydrogens is 313 g/mol. The number of nitrogens with one attached hydrogen (secondary N) is 1. The van der Waals surface area contributed by atoms with Gasteiger partial charge >= 0.3 is 6.09 Å². The highest BCUT2D eigenvalue weighted by Gasteiger charge is 2.25. The fraction of sp³-hybridized carbons (Fsp3) is 0.412. The van der Waals surface area contributed by atoms with Gasteiger partial charge in [0.25, 0.3) is 0 Å². The fourth-order valence-electron chi connectivity index (χ4n) is 2.98. The summed E-state index contributed by atoms with van der Waals surface area (Å²) in [5.74, 6) is -0.397. The van der Waals surface area contributed by atoms with Crippen LogP contribution in [0.4, 0.5) is 9.18 Å². The lowest BCUT2D eigenvalue weighted by molar-refractivity contribution is -0.132. The minimum absolute atomic E-state index is 0.0670. The maximum absolute atomic E-state index is 14.0. The molecule has 7 heteroatoms. The maximum Gasteiger partial charge on any atom is 0.409 e. The number of amides is 2. The van der Waals surface area contributed by atoms with Crippen molar-refractivity contribution >= 4 is 22.9 Å². The van der Waals surface area contributed by atoms with Gasteiger partial charge in [-0.15, -0.1) is 0 Å². The molecule has 1 N–H and O–H groups in total. The van der Waals surface area contributed by atoms with Gasteiger partial charge < -0.3 is 19.5 Å². The van der Waals surface area contributed by atoms with Gasteiger partial charge in [0.15, 0.2) is 0 Å². The number of piperazine rings is 1. The minimum atomic E-state index is -0.344. The van der Waals surface area contributed by atoms with Crippen LogP contribution in [0.5, 0.6) is 0 Å². The number of hydrogen-bond donors (Lipinski definition) is 1. The third-order valence-corrected chi connectivity index (χ3v) is 4.24. The molecule has 2 aromatic rings. The third kappa shape index (κ3) is 3.20. The molecule has 1 aliphatic heterocycles. The quantitative estimate of drug-likeness (QED) is 0.936. The molecule has 0 radical (unpaired) electrons. The average Bonchev–Trinajstić information content (AvgIpc) is 2.99. The van der Waals surface area contributed by atoms with Crippen LogP contribution in [0.1, 0.15) is 12.5 Å². The van der Waals surface area contributed by atoms with Gasteiger partial charge in [-0.1, -0.05) is 6.07 Å².